The molecule has 2 aliphatic heterocycles. The van der Waals surface area contributed by atoms with Crippen LogP contribution in [0, 0.1) is 17.2 Å². The predicted octanol–water partition coefficient (Wildman–Crippen LogP) is 2.13. The number of nitriles is 1. The van der Waals surface area contributed by atoms with Gasteiger partial charge in [-0.25, -0.2) is 4.39 Å². The predicted molar refractivity (Wildman–Crippen MR) is 63.2 cm³/mol. The Morgan fingerprint density at radius 3 is 2.88 bits per heavy atom. The van der Waals surface area contributed by atoms with Gasteiger partial charge in [-0.2, -0.15) is 5.26 Å². The molecule has 2 heterocycles. The lowest BCUT2D eigenvalue weighted by Gasteiger charge is -2.36. The molecule has 2 aliphatic rings. The molecular formula is C13H21FN2O. The van der Waals surface area contributed by atoms with E-state index in [4.69, 9.17) is 4.74 Å². The van der Waals surface area contributed by atoms with Gasteiger partial charge in [-0.1, -0.05) is 0 Å². The molecule has 0 aliphatic carbocycles. The van der Waals surface area contributed by atoms with Gasteiger partial charge in [-0.05, 0) is 33.1 Å². The highest BCUT2D eigenvalue weighted by atomic mass is 19.1. The normalized spacial score (nSPS) is 37.4. The van der Waals surface area contributed by atoms with Crippen LogP contribution >= 0.6 is 0 Å². The van der Waals surface area contributed by atoms with E-state index in [1.807, 2.05) is 13.8 Å². The Labute approximate surface area is 103 Å². The second-order valence-corrected chi connectivity index (χ2v) is 5.47. The van der Waals surface area contributed by atoms with Crippen LogP contribution in [0.1, 0.15) is 33.1 Å². The van der Waals surface area contributed by atoms with Gasteiger partial charge in [0.25, 0.3) is 0 Å². The van der Waals surface area contributed by atoms with Crippen molar-refractivity contribution in [3.05, 3.63) is 0 Å². The van der Waals surface area contributed by atoms with Gasteiger partial charge in [0.15, 0.2) is 0 Å². The fourth-order valence-electron chi connectivity index (χ4n) is 3.31. The van der Waals surface area contributed by atoms with Crippen molar-refractivity contribution in [2.75, 3.05) is 19.8 Å². The standard InChI is InChI=1S/C13H21FN2O/c1-10(2)17-9-13-5-3-12(7-14)16(13)6-4-11(13)8-15/h10-12H,3-7,9H2,1-2H3/t11-,12?,13-/m1/s1. The van der Waals surface area contributed by atoms with E-state index < -0.39 is 0 Å². The molecule has 4 heteroatoms. The van der Waals surface area contributed by atoms with Crippen LogP contribution in [0.25, 0.3) is 0 Å². The van der Waals surface area contributed by atoms with Crippen LogP contribution in [0.4, 0.5) is 4.39 Å². The summed E-state index contributed by atoms with van der Waals surface area (Å²) in [4.78, 5) is 2.20. The summed E-state index contributed by atoms with van der Waals surface area (Å²) in [6, 6.07) is 2.40. The molecule has 0 aromatic heterocycles. The molecule has 3 nitrogen and oxygen atoms in total. The Morgan fingerprint density at radius 2 is 2.29 bits per heavy atom. The van der Waals surface area contributed by atoms with E-state index in [-0.39, 0.29) is 30.3 Å². The van der Waals surface area contributed by atoms with Gasteiger partial charge in [-0.3, -0.25) is 4.90 Å². The summed E-state index contributed by atoms with van der Waals surface area (Å²) in [7, 11) is 0. The lowest BCUT2D eigenvalue weighted by Crippen LogP contribution is -2.50. The first-order valence-electron chi connectivity index (χ1n) is 6.48. The fourth-order valence-corrected chi connectivity index (χ4v) is 3.31. The molecule has 2 fully saturated rings. The van der Waals surface area contributed by atoms with Crippen molar-refractivity contribution in [3.63, 3.8) is 0 Å². The third-order valence-corrected chi connectivity index (χ3v) is 4.23. The quantitative estimate of drug-likeness (QED) is 0.755. The molecule has 0 N–H and O–H groups in total. The number of rotatable bonds is 4. The molecule has 0 aromatic rings. The lowest BCUT2D eigenvalue weighted by atomic mass is 9.85. The van der Waals surface area contributed by atoms with Crippen LogP contribution < -0.4 is 0 Å². The van der Waals surface area contributed by atoms with Crippen molar-refractivity contribution in [1.82, 2.24) is 4.90 Å². The summed E-state index contributed by atoms with van der Waals surface area (Å²) < 4.78 is 18.7. The molecule has 2 rings (SSSR count). The van der Waals surface area contributed by atoms with Crippen LogP contribution in [0.2, 0.25) is 0 Å². The van der Waals surface area contributed by atoms with Crippen molar-refractivity contribution >= 4 is 0 Å². The summed E-state index contributed by atoms with van der Waals surface area (Å²) in [6.07, 6.45) is 2.77. The number of ether oxygens (including phenoxy) is 1. The molecule has 0 bridgehead atoms. The average molecular weight is 240 g/mol. The van der Waals surface area contributed by atoms with Crippen molar-refractivity contribution in [1.29, 1.82) is 5.26 Å². The van der Waals surface area contributed by atoms with Crippen molar-refractivity contribution in [3.8, 4) is 6.07 Å². The summed E-state index contributed by atoms with van der Waals surface area (Å²) in [6.45, 7) is 5.10. The molecule has 1 unspecified atom stereocenters. The summed E-state index contributed by atoms with van der Waals surface area (Å²) in [5.74, 6) is -0.00204. The molecule has 0 amide bonds. The number of nitrogens with zero attached hydrogens (tertiary/aromatic N) is 2. The molecular weight excluding hydrogens is 219 g/mol. The van der Waals surface area contributed by atoms with Crippen LogP contribution in [-0.4, -0.2) is 42.4 Å². The monoisotopic (exact) mass is 240 g/mol. The Morgan fingerprint density at radius 1 is 1.53 bits per heavy atom. The first-order chi connectivity index (χ1) is 8.14. The van der Waals surface area contributed by atoms with Gasteiger partial charge in [0.1, 0.15) is 6.67 Å². The van der Waals surface area contributed by atoms with E-state index in [1.54, 1.807) is 0 Å². The third kappa shape index (κ3) is 2.07. The van der Waals surface area contributed by atoms with E-state index in [1.165, 1.54) is 0 Å². The highest BCUT2D eigenvalue weighted by molar-refractivity contribution is 5.14. The zero-order valence-corrected chi connectivity index (χ0v) is 10.7. The Bertz CT molecular complexity index is 315. The lowest BCUT2D eigenvalue weighted by molar-refractivity contribution is -0.0164. The number of halogens is 1. The third-order valence-electron chi connectivity index (χ3n) is 4.23. The van der Waals surface area contributed by atoms with Gasteiger partial charge in [0.2, 0.25) is 0 Å². The minimum Gasteiger partial charge on any atom is -0.377 e. The van der Waals surface area contributed by atoms with Gasteiger partial charge in [-0.15, -0.1) is 0 Å². The van der Waals surface area contributed by atoms with Crippen molar-refractivity contribution < 1.29 is 9.13 Å². The molecule has 0 saturated carbocycles. The van der Waals surface area contributed by atoms with E-state index in [2.05, 4.69) is 11.0 Å². The second-order valence-electron chi connectivity index (χ2n) is 5.47. The number of alkyl halides is 1. The SMILES string of the molecule is CC(C)OC[C@@]12CCC(CF)N1CC[C@@H]2C#N. The average Bonchev–Trinajstić information content (AvgIpc) is 2.82. The highest BCUT2D eigenvalue weighted by Crippen LogP contribution is 2.46. The molecule has 2 saturated heterocycles. The molecule has 0 aromatic carbocycles. The first-order valence-corrected chi connectivity index (χ1v) is 6.48. The molecule has 17 heavy (non-hydrogen) atoms. The summed E-state index contributed by atoms with van der Waals surface area (Å²) in [5, 5.41) is 9.28. The fraction of sp³-hybridized carbons (Fsp3) is 0.923. The minimum absolute atomic E-state index is 0.00204. The number of fused-ring (bicyclic) bond motifs is 1. The van der Waals surface area contributed by atoms with Crippen LogP contribution in [0.15, 0.2) is 0 Å². The first kappa shape index (κ1) is 12.8. The second kappa shape index (κ2) is 4.91. The van der Waals surface area contributed by atoms with Gasteiger partial charge in [0, 0.05) is 12.6 Å². The Kier molecular flexibility index (Phi) is 3.70. The van der Waals surface area contributed by atoms with Gasteiger partial charge < -0.3 is 4.74 Å². The summed E-state index contributed by atoms with van der Waals surface area (Å²) >= 11 is 0. The van der Waals surface area contributed by atoms with Crippen LogP contribution in [-0.2, 0) is 4.74 Å². The maximum absolute atomic E-state index is 13.0. The van der Waals surface area contributed by atoms with E-state index in [0.717, 1.165) is 25.8 Å². The zero-order chi connectivity index (χ0) is 12.5. The molecule has 0 spiro atoms. The van der Waals surface area contributed by atoms with E-state index >= 15 is 0 Å². The van der Waals surface area contributed by atoms with Crippen molar-refractivity contribution in [2.24, 2.45) is 5.92 Å². The zero-order valence-electron chi connectivity index (χ0n) is 10.7. The minimum atomic E-state index is -0.304. The Balaban J connectivity index is 2.16. The topological polar surface area (TPSA) is 36.3 Å². The highest BCUT2D eigenvalue weighted by Gasteiger charge is 2.55. The van der Waals surface area contributed by atoms with Crippen LogP contribution in [0.5, 0.6) is 0 Å². The number of hydrogen-bond acceptors (Lipinski definition) is 3. The van der Waals surface area contributed by atoms with Crippen LogP contribution in [0.3, 0.4) is 0 Å². The maximum atomic E-state index is 13.0. The maximum Gasteiger partial charge on any atom is 0.105 e. The van der Waals surface area contributed by atoms with Crippen molar-refractivity contribution in [2.45, 2.75) is 50.8 Å². The van der Waals surface area contributed by atoms with E-state index in [0.29, 0.717) is 6.61 Å². The smallest absolute Gasteiger partial charge is 0.105 e. The number of hydrogen-bond donors (Lipinski definition) is 0. The molecule has 3 atom stereocenters. The molecule has 0 radical (unpaired) electrons. The van der Waals surface area contributed by atoms with E-state index in [9.17, 15) is 9.65 Å². The van der Waals surface area contributed by atoms with Gasteiger partial charge >= 0.3 is 0 Å². The summed E-state index contributed by atoms with van der Waals surface area (Å²) in [5.41, 5.74) is -0.213. The van der Waals surface area contributed by atoms with Gasteiger partial charge in [0.05, 0.1) is 30.2 Å². The largest absolute Gasteiger partial charge is 0.377 e. The molecule has 96 valence electrons. The Hall–Kier alpha value is -0.660.